The fourth-order valence-electron chi connectivity index (χ4n) is 3.23. The van der Waals surface area contributed by atoms with Gasteiger partial charge in [-0.2, -0.15) is 0 Å². The van der Waals surface area contributed by atoms with Crippen molar-refractivity contribution in [3.63, 3.8) is 0 Å². The summed E-state index contributed by atoms with van der Waals surface area (Å²) in [5, 5.41) is 2.76. The largest absolute Gasteiger partial charge is 0.426 e. The zero-order chi connectivity index (χ0) is 21.8. The maximum Gasteiger partial charge on any atom is 0.312 e. The molecule has 1 N–H and O–H groups in total. The van der Waals surface area contributed by atoms with Gasteiger partial charge in [0.1, 0.15) is 5.75 Å². The summed E-state index contributed by atoms with van der Waals surface area (Å²) in [5.74, 6) is -1.34. The van der Waals surface area contributed by atoms with E-state index >= 15 is 0 Å². The van der Waals surface area contributed by atoms with E-state index in [0.717, 1.165) is 4.90 Å². The number of nitrogens with zero attached hydrogens (tertiary/aromatic N) is 1. The summed E-state index contributed by atoms with van der Waals surface area (Å²) in [6.07, 6.45) is -0.127. The SMILES string of the molecule is O=C(CCN1C(=O)c2ccccc2C1=O)Oc1ccc(NC(=O)c2ccccc2)cc1. The average Bonchev–Trinajstić information content (AvgIpc) is 3.04. The van der Waals surface area contributed by atoms with Gasteiger partial charge in [-0.1, -0.05) is 30.3 Å². The molecule has 0 saturated heterocycles. The van der Waals surface area contributed by atoms with E-state index in [-0.39, 0.29) is 18.9 Å². The second-order valence-electron chi connectivity index (χ2n) is 6.88. The molecule has 3 aromatic rings. The fourth-order valence-corrected chi connectivity index (χ4v) is 3.23. The summed E-state index contributed by atoms with van der Waals surface area (Å²) >= 11 is 0. The first-order valence-corrected chi connectivity index (χ1v) is 9.65. The van der Waals surface area contributed by atoms with Crippen LogP contribution in [0.3, 0.4) is 0 Å². The molecule has 1 aliphatic heterocycles. The van der Waals surface area contributed by atoms with Crippen molar-refractivity contribution in [2.45, 2.75) is 6.42 Å². The minimum atomic E-state index is -0.572. The molecule has 3 aromatic carbocycles. The number of anilines is 1. The van der Waals surface area contributed by atoms with E-state index in [9.17, 15) is 19.2 Å². The first-order valence-electron chi connectivity index (χ1n) is 9.65. The van der Waals surface area contributed by atoms with Gasteiger partial charge in [-0.15, -0.1) is 0 Å². The average molecular weight is 414 g/mol. The Morgan fingerprint density at radius 1 is 0.774 bits per heavy atom. The lowest BCUT2D eigenvalue weighted by Crippen LogP contribution is -2.32. The number of rotatable bonds is 6. The Labute approximate surface area is 178 Å². The Hall–Kier alpha value is -4.26. The molecule has 0 spiro atoms. The molecule has 0 fully saturated rings. The van der Waals surface area contributed by atoms with E-state index in [1.54, 1.807) is 72.8 Å². The van der Waals surface area contributed by atoms with Crippen molar-refractivity contribution in [2.24, 2.45) is 0 Å². The minimum absolute atomic E-state index is 0.0591. The topological polar surface area (TPSA) is 92.8 Å². The normalized spacial score (nSPS) is 12.5. The summed E-state index contributed by atoms with van der Waals surface area (Å²) in [6, 6.07) is 21.7. The van der Waals surface area contributed by atoms with Gasteiger partial charge in [-0.3, -0.25) is 24.1 Å². The van der Waals surface area contributed by atoms with Crippen LogP contribution in [0.2, 0.25) is 0 Å². The third-order valence-corrected chi connectivity index (χ3v) is 4.80. The van der Waals surface area contributed by atoms with E-state index in [1.807, 2.05) is 6.07 Å². The molecular weight excluding hydrogens is 396 g/mol. The lowest BCUT2D eigenvalue weighted by atomic mass is 10.1. The van der Waals surface area contributed by atoms with Gasteiger partial charge in [-0.05, 0) is 48.5 Å². The van der Waals surface area contributed by atoms with E-state index in [2.05, 4.69) is 5.32 Å². The maximum absolute atomic E-state index is 12.3. The Balaban J connectivity index is 1.30. The molecule has 0 saturated carbocycles. The molecule has 0 bridgehead atoms. The predicted octanol–water partition coefficient (Wildman–Crippen LogP) is 3.53. The summed E-state index contributed by atoms with van der Waals surface area (Å²) in [4.78, 5) is 50.0. The van der Waals surface area contributed by atoms with Crippen LogP contribution in [0.1, 0.15) is 37.5 Å². The van der Waals surface area contributed by atoms with Gasteiger partial charge in [0.05, 0.1) is 17.5 Å². The number of carbonyl (C=O) groups excluding carboxylic acids is 4. The van der Waals surface area contributed by atoms with Gasteiger partial charge in [0.15, 0.2) is 0 Å². The fraction of sp³-hybridized carbons (Fsp3) is 0.0833. The van der Waals surface area contributed by atoms with Crippen LogP contribution in [-0.4, -0.2) is 35.1 Å². The van der Waals surface area contributed by atoms with E-state index < -0.39 is 17.8 Å². The molecule has 4 rings (SSSR count). The summed E-state index contributed by atoms with van der Waals surface area (Å²) in [6.45, 7) is -0.0591. The van der Waals surface area contributed by atoms with Gasteiger partial charge in [-0.25, -0.2) is 0 Å². The second-order valence-corrected chi connectivity index (χ2v) is 6.88. The Morgan fingerprint density at radius 3 is 1.97 bits per heavy atom. The number of ether oxygens (including phenoxy) is 1. The van der Waals surface area contributed by atoms with Gasteiger partial charge in [0.25, 0.3) is 17.7 Å². The summed E-state index contributed by atoms with van der Waals surface area (Å²) in [7, 11) is 0. The Bertz CT molecular complexity index is 1120. The highest BCUT2D eigenvalue weighted by atomic mass is 16.5. The zero-order valence-corrected chi connectivity index (χ0v) is 16.4. The van der Waals surface area contributed by atoms with Crippen molar-refractivity contribution >= 4 is 29.4 Å². The third kappa shape index (κ3) is 4.35. The smallest absolute Gasteiger partial charge is 0.312 e. The summed E-state index contributed by atoms with van der Waals surface area (Å²) < 4.78 is 5.27. The van der Waals surface area contributed by atoms with Crippen LogP contribution in [0, 0.1) is 0 Å². The molecule has 3 amide bonds. The zero-order valence-electron chi connectivity index (χ0n) is 16.4. The molecule has 1 aliphatic rings. The van der Waals surface area contributed by atoms with Crippen LogP contribution in [0.5, 0.6) is 5.75 Å². The highest BCUT2D eigenvalue weighted by Gasteiger charge is 2.35. The molecule has 154 valence electrons. The molecule has 7 heteroatoms. The highest BCUT2D eigenvalue weighted by Crippen LogP contribution is 2.23. The van der Waals surface area contributed by atoms with Crippen LogP contribution in [0.15, 0.2) is 78.9 Å². The molecule has 7 nitrogen and oxygen atoms in total. The first-order chi connectivity index (χ1) is 15.0. The van der Waals surface area contributed by atoms with Crippen molar-refractivity contribution in [1.29, 1.82) is 0 Å². The van der Waals surface area contributed by atoms with Crippen molar-refractivity contribution in [1.82, 2.24) is 4.90 Å². The van der Waals surface area contributed by atoms with Crippen LogP contribution in [-0.2, 0) is 4.79 Å². The van der Waals surface area contributed by atoms with Gasteiger partial charge >= 0.3 is 5.97 Å². The number of esters is 1. The van der Waals surface area contributed by atoms with Gasteiger partial charge < -0.3 is 10.1 Å². The van der Waals surface area contributed by atoms with Crippen LogP contribution in [0.4, 0.5) is 5.69 Å². The lowest BCUT2D eigenvalue weighted by Gasteiger charge is -2.13. The number of fused-ring (bicyclic) bond motifs is 1. The Kier molecular flexibility index (Phi) is 5.57. The van der Waals surface area contributed by atoms with E-state index in [4.69, 9.17) is 4.74 Å². The number of nitrogens with one attached hydrogen (secondary N) is 1. The number of imide groups is 1. The number of hydrogen-bond donors (Lipinski definition) is 1. The number of benzene rings is 3. The summed E-state index contributed by atoms with van der Waals surface area (Å²) in [5.41, 5.74) is 1.77. The van der Waals surface area contributed by atoms with Crippen LogP contribution in [0.25, 0.3) is 0 Å². The van der Waals surface area contributed by atoms with Crippen molar-refractivity contribution in [3.8, 4) is 5.75 Å². The second kappa shape index (κ2) is 8.62. The number of amides is 3. The molecule has 0 unspecified atom stereocenters. The van der Waals surface area contributed by atoms with Crippen molar-refractivity contribution < 1.29 is 23.9 Å². The third-order valence-electron chi connectivity index (χ3n) is 4.80. The molecule has 31 heavy (non-hydrogen) atoms. The Morgan fingerprint density at radius 2 is 1.35 bits per heavy atom. The van der Waals surface area contributed by atoms with Gasteiger partial charge in [0.2, 0.25) is 0 Å². The minimum Gasteiger partial charge on any atom is -0.426 e. The molecule has 0 atom stereocenters. The maximum atomic E-state index is 12.3. The molecule has 0 aliphatic carbocycles. The van der Waals surface area contributed by atoms with Crippen molar-refractivity contribution in [3.05, 3.63) is 95.6 Å². The lowest BCUT2D eigenvalue weighted by molar-refractivity contribution is -0.134. The van der Waals surface area contributed by atoms with Crippen LogP contribution >= 0.6 is 0 Å². The molecular formula is C24H18N2O5. The number of carbonyl (C=O) groups is 4. The monoisotopic (exact) mass is 414 g/mol. The van der Waals surface area contributed by atoms with Crippen molar-refractivity contribution in [2.75, 3.05) is 11.9 Å². The predicted molar refractivity (Wildman–Crippen MR) is 113 cm³/mol. The number of hydrogen-bond acceptors (Lipinski definition) is 5. The molecule has 0 aromatic heterocycles. The van der Waals surface area contributed by atoms with Crippen LogP contribution < -0.4 is 10.1 Å². The van der Waals surface area contributed by atoms with E-state index in [0.29, 0.717) is 28.1 Å². The molecule has 0 radical (unpaired) electrons. The standard InChI is InChI=1S/C24H18N2O5/c27-21(14-15-26-23(29)19-8-4-5-9-20(19)24(26)30)31-18-12-10-17(11-13-18)25-22(28)16-6-2-1-3-7-16/h1-13H,14-15H2,(H,25,28). The quantitative estimate of drug-likeness (QED) is 0.378. The van der Waals surface area contributed by atoms with E-state index in [1.165, 1.54) is 0 Å². The first kappa shape index (κ1) is 20.0. The highest BCUT2D eigenvalue weighted by molar-refractivity contribution is 6.21. The van der Waals surface area contributed by atoms with Gasteiger partial charge in [0, 0.05) is 17.8 Å². The molecule has 1 heterocycles.